The van der Waals surface area contributed by atoms with Crippen LogP contribution in [0.3, 0.4) is 0 Å². The lowest BCUT2D eigenvalue weighted by atomic mass is 10.1. The number of halogens is 1. The van der Waals surface area contributed by atoms with E-state index in [0.717, 1.165) is 29.9 Å². The molecule has 2 fully saturated rings. The van der Waals surface area contributed by atoms with Gasteiger partial charge in [0.05, 0.1) is 29.1 Å². The number of nitrogens with one attached hydrogen (secondary N) is 1. The van der Waals surface area contributed by atoms with Gasteiger partial charge in [0, 0.05) is 36.7 Å². The molecule has 3 aromatic heterocycles. The second-order valence-corrected chi connectivity index (χ2v) is 10.4. The van der Waals surface area contributed by atoms with Crippen LogP contribution >= 0.6 is 11.6 Å². The number of urea groups is 1. The third-order valence-electron chi connectivity index (χ3n) is 6.76. The van der Waals surface area contributed by atoms with Crippen molar-refractivity contribution < 1.29 is 19.0 Å². The highest BCUT2D eigenvalue weighted by molar-refractivity contribution is 6.33. The number of ether oxygens (including phenoxy) is 3. The van der Waals surface area contributed by atoms with E-state index in [1.165, 1.54) is 6.20 Å². The molecule has 6 heterocycles. The first-order chi connectivity index (χ1) is 18.3. The van der Waals surface area contributed by atoms with Crippen molar-refractivity contribution in [3.8, 4) is 17.3 Å². The monoisotopic (exact) mass is 537 g/mol. The van der Waals surface area contributed by atoms with E-state index in [9.17, 15) is 4.79 Å². The van der Waals surface area contributed by atoms with Gasteiger partial charge in [-0.1, -0.05) is 11.6 Å². The Kier molecular flexibility index (Phi) is 6.29. The molecule has 6 rings (SSSR count). The Bertz CT molecular complexity index is 1390. The fourth-order valence-corrected chi connectivity index (χ4v) is 5.30. The number of pyridine rings is 2. The molecule has 198 valence electrons. The maximum absolute atomic E-state index is 13.6. The third-order valence-corrected chi connectivity index (χ3v) is 7.04. The Morgan fingerprint density at radius 1 is 1.24 bits per heavy atom. The van der Waals surface area contributed by atoms with Gasteiger partial charge in [-0.2, -0.15) is 4.98 Å². The van der Waals surface area contributed by atoms with Crippen LogP contribution in [0.1, 0.15) is 26.0 Å². The van der Waals surface area contributed by atoms with Crippen molar-refractivity contribution in [1.82, 2.24) is 19.9 Å². The summed E-state index contributed by atoms with van der Waals surface area (Å²) in [7, 11) is 0. The van der Waals surface area contributed by atoms with Crippen molar-refractivity contribution >= 4 is 35.0 Å². The predicted molar refractivity (Wildman–Crippen MR) is 142 cm³/mol. The molecule has 3 aliphatic heterocycles. The number of hydrogen-bond acceptors (Lipinski definition) is 9. The van der Waals surface area contributed by atoms with Gasteiger partial charge in [0.15, 0.2) is 11.6 Å². The zero-order valence-corrected chi connectivity index (χ0v) is 22.1. The molecule has 0 aliphatic carbocycles. The number of carbonyl (C=O) groups is 1. The molecule has 11 nitrogen and oxygen atoms in total. The highest BCUT2D eigenvalue weighted by Crippen LogP contribution is 2.43. The molecule has 3 aromatic rings. The first kappa shape index (κ1) is 24.8. The summed E-state index contributed by atoms with van der Waals surface area (Å²) < 4.78 is 17.0. The summed E-state index contributed by atoms with van der Waals surface area (Å²) in [6.07, 6.45) is 3.86. The minimum Gasteiger partial charge on any atom is -0.461 e. The highest BCUT2D eigenvalue weighted by atomic mass is 35.5. The SMILES string of the molecule is Cc1cc(-c2nc3c(cc2Cl)N2CC[C@@H](C2)N3C(=O)Nc2ccnc(OC[C@H]3COC(C)(C)O3)n2)ccn1. The summed E-state index contributed by atoms with van der Waals surface area (Å²) in [4.78, 5) is 35.2. The van der Waals surface area contributed by atoms with Crippen LogP contribution in [0.5, 0.6) is 6.01 Å². The Morgan fingerprint density at radius 3 is 2.87 bits per heavy atom. The van der Waals surface area contributed by atoms with E-state index in [2.05, 4.69) is 25.2 Å². The van der Waals surface area contributed by atoms with Crippen molar-refractivity contribution in [3.63, 3.8) is 0 Å². The number of nitrogens with zero attached hydrogens (tertiary/aromatic N) is 6. The number of amides is 2. The summed E-state index contributed by atoms with van der Waals surface area (Å²) in [6, 6.07) is 7.09. The number of rotatable bonds is 5. The van der Waals surface area contributed by atoms with Gasteiger partial charge in [-0.15, -0.1) is 0 Å². The van der Waals surface area contributed by atoms with Gasteiger partial charge in [-0.25, -0.2) is 14.8 Å². The summed E-state index contributed by atoms with van der Waals surface area (Å²) in [5.41, 5.74) is 3.14. The molecule has 12 heteroatoms. The van der Waals surface area contributed by atoms with Gasteiger partial charge in [0.2, 0.25) is 0 Å². The van der Waals surface area contributed by atoms with Crippen LogP contribution in [0, 0.1) is 6.92 Å². The molecular weight excluding hydrogens is 510 g/mol. The number of aryl methyl sites for hydroxylation is 1. The van der Waals surface area contributed by atoms with E-state index in [1.54, 1.807) is 17.2 Å². The quantitative estimate of drug-likeness (QED) is 0.514. The molecule has 0 aromatic carbocycles. The average molecular weight is 538 g/mol. The normalized spacial score (nSPS) is 21.4. The van der Waals surface area contributed by atoms with E-state index in [4.69, 9.17) is 30.8 Å². The van der Waals surface area contributed by atoms with E-state index >= 15 is 0 Å². The number of aromatic nitrogens is 4. The fourth-order valence-electron chi connectivity index (χ4n) is 5.04. The molecule has 0 spiro atoms. The van der Waals surface area contributed by atoms with Crippen LogP contribution in [-0.2, 0) is 9.47 Å². The zero-order chi connectivity index (χ0) is 26.4. The lowest BCUT2D eigenvalue weighted by molar-refractivity contribution is -0.141. The average Bonchev–Trinajstić information content (AvgIpc) is 3.46. The Labute approximate surface area is 225 Å². The number of fused-ring (bicyclic) bond motifs is 4. The van der Waals surface area contributed by atoms with Crippen LogP contribution in [0.15, 0.2) is 36.7 Å². The van der Waals surface area contributed by atoms with Gasteiger partial charge in [0.25, 0.3) is 0 Å². The number of hydrogen-bond donors (Lipinski definition) is 1. The van der Waals surface area contributed by atoms with Gasteiger partial charge >= 0.3 is 12.0 Å². The second-order valence-electron chi connectivity index (χ2n) is 10.0. The van der Waals surface area contributed by atoms with Crippen LogP contribution < -0.4 is 19.9 Å². The van der Waals surface area contributed by atoms with E-state index in [-0.39, 0.29) is 30.8 Å². The van der Waals surface area contributed by atoms with Crippen molar-refractivity contribution in [3.05, 3.63) is 47.4 Å². The van der Waals surface area contributed by atoms with E-state index < -0.39 is 5.79 Å². The lowest BCUT2D eigenvalue weighted by Crippen LogP contribution is -2.48. The van der Waals surface area contributed by atoms with Crippen LogP contribution in [0.4, 0.5) is 22.1 Å². The lowest BCUT2D eigenvalue weighted by Gasteiger charge is -2.36. The molecule has 0 radical (unpaired) electrons. The molecule has 0 saturated carbocycles. The molecule has 1 N–H and O–H groups in total. The Balaban J connectivity index is 1.23. The first-order valence-corrected chi connectivity index (χ1v) is 12.9. The van der Waals surface area contributed by atoms with Crippen LogP contribution in [0.2, 0.25) is 5.02 Å². The van der Waals surface area contributed by atoms with E-state index in [0.29, 0.717) is 35.5 Å². The van der Waals surface area contributed by atoms with E-state index in [1.807, 2.05) is 39.0 Å². The largest absolute Gasteiger partial charge is 0.461 e. The molecule has 0 unspecified atom stereocenters. The maximum atomic E-state index is 13.6. The fraction of sp³-hybridized carbons (Fsp3) is 0.423. The summed E-state index contributed by atoms with van der Waals surface area (Å²) in [5, 5.41) is 3.42. The van der Waals surface area contributed by atoms with Gasteiger partial charge < -0.3 is 19.1 Å². The Hall–Kier alpha value is -3.54. The van der Waals surface area contributed by atoms with Gasteiger partial charge in [0.1, 0.15) is 18.5 Å². The summed E-state index contributed by atoms with van der Waals surface area (Å²) >= 11 is 6.67. The summed E-state index contributed by atoms with van der Waals surface area (Å²) in [6.45, 7) is 7.81. The summed E-state index contributed by atoms with van der Waals surface area (Å²) in [5.74, 6) is 0.251. The first-order valence-electron chi connectivity index (χ1n) is 12.5. The van der Waals surface area contributed by atoms with Gasteiger partial charge in [-0.05, 0) is 51.5 Å². The van der Waals surface area contributed by atoms with Crippen molar-refractivity contribution in [2.75, 3.05) is 41.4 Å². The topological polar surface area (TPSA) is 115 Å². The molecule has 2 atom stereocenters. The predicted octanol–water partition coefficient (Wildman–Crippen LogP) is 4.06. The standard InChI is InChI=1S/C26H28ClN7O4/c1-15-10-16(4-7-28-15)22-19(27)11-20-23(32-22)34(17-6-9-33(20)12-17)25(35)31-21-5-8-29-24(30-21)36-13-18-14-37-26(2,3)38-18/h4-5,7-8,10-11,17-18H,6,9,12-14H2,1-3H3,(H,29,30,31,35)/t17-,18-/m0/s1. The van der Waals surface area contributed by atoms with Crippen molar-refractivity contribution in [2.45, 2.75) is 45.1 Å². The minimum absolute atomic E-state index is 0.0244. The molecule has 2 bridgehead atoms. The van der Waals surface area contributed by atoms with Crippen LogP contribution in [-0.4, -0.2) is 70.2 Å². The zero-order valence-electron chi connectivity index (χ0n) is 21.3. The molecule has 3 aliphatic rings. The molecular formula is C26H28ClN7O4. The molecule has 2 amide bonds. The molecule has 2 saturated heterocycles. The Morgan fingerprint density at radius 2 is 2.08 bits per heavy atom. The maximum Gasteiger partial charge on any atom is 0.329 e. The highest BCUT2D eigenvalue weighted by Gasteiger charge is 2.41. The third kappa shape index (κ3) is 4.84. The smallest absolute Gasteiger partial charge is 0.329 e. The number of carbonyl (C=O) groups excluding carboxylic acids is 1. The minimum atomic E-state index is -0.639. The van der Waals surface area contributed by atoms with Crippen LogP contribution in [0.25, 0.3) is 11.3 Å². The molecule has 38 heavy (non-hydrogen) atoms. The van der Waals surface area contributed by atoms with Crippen molar-refractivity contribution in [1.29, 1.82) is 0 Å². The number of anilines is 3. The van der Waals surface area contributed by atoms with Crippen molar-refractivity contribution in [2.24, 2.45) is 0 Å². The van der Waals surface area contributed by atoms with Gasteiger partial charge in [-0.3, -0.25) is 15.2 Å². The second kappa shape index (κ2) is 9.64.